The normalized spacial score (nSPS) is 16.4. The maximum Gasteiger partial charge on any atom is 0.340 e. The number of sulfonamides is 1. The Morgan fingerprint density at radius 3 is 2.66 bits per heavy atom. The zero-order chi connectivity index (χ0) is 23.3. The SMILES string of the molecule is CCN(CC)C(=O)c1cccc(NC(=O)COC(=O)C2=CN3CCS(=O)(=O)N=C3C=C2)c1. The average Bonchev–Trinajstić information content (AvgIpc) is 2.77. The highest BCUT2D eigenvalue weighted by atomic mass is 32.2. The van der Waals surface area contributed by atoms with Gasteiger partial charge in [-0.25, -0.2) is 13.2 Å². The fourth-order valence-corrected chi connectivity index (χ4v) is 4.13. The third kappa shape index (κ3) is 5.61. The highest BCUT2D eigenvalue weighted by molar-refractivity contribution is 7.90. The molecule has 32 heavy (non-hydrogen) atoms. The molecule has 1 N–H and O–H groups in total. The van der Waals surface area contributed by atoms with Crippen molar-refractivity contribution in [1.82, 2.24) is 9.80 Å². The molecule has 3 rings (SSSR count). The Morgan fingerprint density at radius 2 is 1.94 bits per heavy atom. The number of rotatable bonds is 7. The summed E-state index contributed by atoms with van der Waals surface area (Å²) in [6.45, 7) is 4.58. The molecule has 0 spiro atoms. The summed E-state index contributed by atoms with van der Waals surface area (Å²) in [5, 5.41) is 2.60. The van der Waals surface area contributed by atoms with Crippen molar-refractivity contribution in [3.63, 3.8) is 0 Å². The van der Waals surface area contributed by atoms with Gasteiger partial charge in [0.1, 0.15) is 5.84 Å². The van der Waals surface area contributed by atoms with Crippen LogP contribution < -0.4 is 5.32 Å². The van der Waals surface area contributed by atoms with Crippen LogP contribution in [0, 0.1) is 0 Å². The molecule has 10 nitrogen and oxygen atoms in total. The van der Waals surface area contributed by atoms with E-state index in [1.807, 2.05) is 13.8 Å². The first-order valence-corrected chi connectivity index (χ1v) is 11.7. The average molecular weight is 461 g/mol. The number of fused-ring (bicyclic) bond motifs is 1. The molecule has 0 fully saturated rings. The van der Waals surface area contributed by atoms with Crippen LogP contribution in [-0.2, 0) is 24.3 Å². The van der Waals surface area contributed by atoms with Crippen LogP contribution >= 0.6 is 0 Å². The van der Waals surface area contributed by atoms with E-state index >= 15 is 0 Å². The largest absolute Gasteiger partial charge is 0.452 e. The minimum Gasteiger partial charge on any atom is -0.452 e. The van der Waals surface area contributed by atoms with E-state index in [4.69, 9.17) is 4.74 Å². The molecule has 0 radical (unpaired) electrons. The zero-order valence-electron chi connectivity index (χ0n) is 17.8. The number of nitrogens with one attached hydrogen (secondary N) is 1. The van der Waals surface area contributed by atoms with Crippen molar-refractivity contribution in [3.05, 3.63) is 53.8 Å². The number of carbonyl (C=O) groups excluding carboxylic acids is 3. The molecule has 0 saturated carbocycles. The number of nitrogens with zero attached hydrogens (tertiary/aromatic N) is 3. The van der Waals surface area contributed by atoms with Crippen LogP contribution in [0.25, 0.3) is 0 Å². The minimum atomic E-state index is -3.49. The summed E-state index contributed by atoms with van der Waals surface area (Å²) in [4.78, 5) is 40.2. The summed E-state index contributed by atoms with van der Waals surface area (Å²) < 4.78 is 31.8. The number of hydrogen-bond acceptors (Lipinski definition) is 7. The molecular formula is C21H24N4O6S. The molecule has 0 aromatic heterocycles. The minimum absolute atomic E-state index is 0.137. The van der Waals surface area contributed by atoms with Crippen molar-refractivity contribution >= 4 is 39.3 Å². The van der Waals surface area contributed by atoms with Crippen LogP contribution in [-0.4, -0.2) is 73.8 Å². The van der Waals surface area contributed by atoms with E-state index in [1.165, 1.54) is 23.3 Å². The van der Waals surface area contributed by atoms with Gasteiger partial charge in [0.15, 0.2) is 6.61 Å². The number of esters is 1. The highest BCUT2D eigenvalue weighted by Crippen LogP contribution is 2.17. The second kappa shape index (κ2) is 9.77. The van der Waals surface area contributed by atoms with Crippen molar-refractivity contribution < 1.29 is 27.5 Å². The van der Waals surface area contributed by atoms with Crippen molar-refractivity contribution in [2.45, 2.75) is 13.8 Å². The quantitative estimate of drug-likeness (QED) is 0.605. The van der Waals surface area contributed by atoms with Gasteiger partial charge in [-0.15, -0.1) is 4.40 Å². The first kappa shape index (κ1) is 23.2. The molecule has 0 aliphatic carbocycles. The number of carbonyl (C=O) groups is 3. The molecule has 0 unspecified atom stereocenters. The van der Waals surface area contributed by atoms with Gasteiger partial charge in [-0.1, -0.05) is 6.07 Å². The van der Waals surface area contributed by atoms with Crippen molar-refractivity contribution in [2.24, 2.45) is 4.40 Å². The maximum absolute atomic E-state index is 12.5. The maximum atomic E-state index is 12.5. The molecule has 2 amide bonds. The Hall–Kier alpha value is -3.47. The van der Waals surface area contributed by atoms with E-state index in [-0.39, 0.29) is 29.6 Å². The fourth-order valence-electron chi connectivity index (χ4n) is 3.16. The van der Waals surface area contributed by atoms with Gasteiger partial charge in [0, 0.05) is 37.1 Å². The Bertz CT molecular complexity index is 1120. The Morgan fingerprint density at radius 1 is 1.19 bits per heavy atom. The van der Waals surface area contributed by atoms with Gasteiger partial charge in [-0.2, -0.15) is 0 Å². The molecule has 1 aromatic rings. The van der Waals surface area contributed by atoms with Crippen molar-refractivity contribution in [1.29, 1.82) is 0 Å². The summed E-state index contributed by atoms with van der Waals surface area (Å²) >= 11 is 0. The van der Waals surface area contributed by atoms with Gasteiger partial charge in [0.2, 0.25) is 0 Å². The standard InChI is InChI=1S/C21H24N4O6S/c1-3-24(4-2)20(27)15-6-5-7-17(12-15)22-19(26)14-31-21(28)16-8-9-18-23-32(29,30)11-10-25(18)13-16/h5-9,12-13H,3-4,10-11,14H2,1-2H3,(H,22,26). The second-order valence-electron chi connectivity index (χ2n) is 7.03. The van der Waals surface area contributed by atoms with Crippen LogP contribution in [0.3, 0.4) is 0 Å². The van der Waals surface area contributed by atoms with E-state index in [9.17, 15) is 22.8 Å². The van der Waals surface area contributed by atoms with Crippen LogP contribution in [0.2, 0.25) is 0 Å². The van der Waals surface area contributed by atoms with E-state index in [0.29, 0.717) is 24.3 Å². The Balaban J connectivity index is 1.56. The third-order valence-electron chi connectivity index (χ3n) is 4.84. The van der Waals surface area contributed by atoms with Crippen LogP contribution in [0.1, 0.15) is 24.2 Å². The van der Waals surface area contributed by atoms with Crippen LogP contribution in [0.5, 0.6) is 0 Å². The molecule has 0 saturated heterocycles. The van der Waals surface area contributed by atoms with E-state index < -0.39 is 28.5 Å². The first-order chi connectivity index (χ1) is 15.2. The topological polar surface area (TPSA) is 125 Å². The summed E-state index contributed by atoms with van der Waals surface area (Å²) in [6.07, 6.45) is 4.24. The molecule has 170 valence electrons. The van der Waals surface area contributed by atoms with E-state index in [0.717, 1.165) is 0 Å². The van der Waals surface area contributed by atoms with E-state index in [2.05, 4.69) is 9.71 Å². The molecule has 0 bridgehead atoms. The van der Waals surface area contributed by atoms with Gasteiger partial charge < -0.3 is 19.9 Å². The van der Waals surface area contributed by atoms with Gasteiger partial charge in [-0.3, -0.25) is 9.59 Å². The number of amidine groups is 1. The van der Waals surface area contributed by atoms with Crippen molar-refractivity contribution in [3.8, 4) is 0 Å². The number of hydrogen-bond donors (Lipinski definition) is 1. The smallest absolute Gasteiger partial charge is 0.340 e. The lowest BCUT2D eigenvalue weighted by molar-refractivity contribution is -0.143. The predicted molar refractivity (Wildman–Crippen MR) is 118 cm³/mol. The summed E-state index contributed by atoms with van der Waals surface area (Å²) in [6, 6.07) is 6.53. The lowest BCUT2D eigenvalue weighted by atomic mass is 10.1. The molecular weight excluding hydrogens is 436 g/mol. The second-order valence-corrected chi connectivity index (χ2v) is 8.78. The molecule has 0 atom stereocenters. The monoisotopic (exact) mass is 460 g/mol. The summed E-state index contributed by atoms with van der Waals surface area (Å²) in [5.41, 5.74) is 1.03. The lowest BCUT2D eigenvalue weighted by Gasteiger charge is -2.26. The lowest BCUT2D eigenvalue weighted by Crippen LogP contribution is -2.37. The van der Waals surface area contributed by atoms with Crippen LogP contribution in [0.4, 0.5) is 5.69 Å². The van der Waals surface area contributed by atoms with Gasteiger partial charge in [0.25, 0.3) is 21.8 Å². The predicted octanol–water partition coefficient (Wildman–Crippen LogP) is 1.15. The Labute approximate surface area is 186 Å². The molecule has 2 heterocycles. The molecule has 1 aromatic carbocycles. The fraction of sp³-hybridized carbons (Fsp3) is 0.333. The molecule has 2 aliphatic rings. The van der Waals surface area contributed by atoms with Crippen molar-refractivity contribution in [2.75, 3.05) is 37.3 Å². The van der Waals surface area contributed by atoms with E-state index in [1.54, 1.807) is 29.2 Å². The molecule has 2 aliphatic heterocycles. The molecule has 11 heteroatoms. The highest BCUT2D eigenvalue weighted by Gasteiger charge is 2.25. The van der Waals surface area contributed by atoms with Gasteiger partial charge >= 0.3 is 5.97 Å². The third-order valence-corrected chi connectivity index (χ3v) is 6.00. The number of ether oxygens (including phenoxy) is 1. The number of amides is 2. The zero-order valence-corrected chi connectivity index (χ0v) is 18.6. The van der Waals surface area contributed by atoms with Gasteiger partial charge in [0.05, 0.1) is 11.3 Å². The Kier molecular flexibility index (Phi) is 7.08. The number of benzene rings is 1. The van der Waals surface area contributed by atoms with Gasteiger partial charge in [-0.05, 0) is 44.2 Å². The summed E-state index contributed by atoms with van der Waals surface area (Å²) in [5.74, 6) is -1.35. The first-order valence-electron chi connectivity index (χ1n) is 10.1. The number of anilines is 1. The summed E-state index contributed by atoms with van der Waals surface area (Å²) in [7, 11) is -3.49. The van der Waals surface area contributed by atoms with Crippen LogP contribution in [0.15, 0.2) is 52.6 Å².